The molecule has 0 unspecified atom stereocenters. The van der Waals surface area contributed by atoms with Gasteiger partial charge in [0.15, 0.2) is 17.3 Å². The smallest absolute Gasteiger partial charge is 0.343 e. The van der Waals surface area contributed by atoms with E-state index in [-0.39, 0.29) is 12.6 Å². The van der Waals surface area contributed by atoms with Crippen LogP contribution in [-0.4, -0.2) is 18.5 Å². The largest absolute Gasteiger partial charge is 0.454 e. The number of ketones is 1. The molecule has 1 aliphatic rings. The second kappa shape index (κ2) is 9.46. The molecule has 4 aromatic rings. The Morgan fingerprint density at radius 1 is 0.706 bits per heavy atom. The minimum atomic E-state index is -0.490. The van der Waals surface area contributed by atoms with Gasteiger partial charge in [-0.2, -0.15) is 0 Å². The van der Waals surface area contributed by atoms with Crippen molar-refractivity contribution in [1.29, 1.82) is 0 Å². The molecular formula is C29H20O5. The predicted octanol–water partition coefficient (Wildman–Crippen LogP) is 6.20. The molecule has 5 nitrogen and oxygen atoms in total. The van der Waals surface area contributed by atoms with Gasteiger partial charge >= 0.3 is 5.97 Å². The van der Waals surface area contributed by atoms with E-state index in [1.807, 2.05) is 54.6 Å². The van der Waals surface area contributed by atoms with Gasteiger partial charge in [0.2, 0.25) is 6.79 Å². The highest BCUT2D eigenvalue weighted by Crippen LogP contribution is 2.32. The fourth-order valence-corrected chi connectivity index (χ4v) is 3.56. The highest BCUT2D eigenvalue weighted by atomic mass is 16.7. The van der Waals surface area contributed by atoms with E-state index >= 15 is 0 Å². The molecule has 0 fully saturated rings. The number of rotatable bonds is 6. The van der Waals surface area contributed by atoms with Gasteiger partial charge in [-0.25, -0.2) is 4.79 Å². The Labute approximate surface area is 196 Å². The van der Waals surface area contributed by atoms with Crippen molar-refractivity contribution in [2.24, 2.45) is 0 Å². The van der Waals surface area contributed by atoms with Crippen molar-refractivity contribution in [3.63, 3.8) is 0 Å². The molecule has 0 saturated heterocycles. The van der Waals surface area contributed by atoms with Crippen molar-refractivity contribution in [2.75, 3.05) is 6.79 Å². The fraction of sp³-hybridized carbons (Fsp3) is 0.0345. The van der Waals surface area contributed by atoms with E-state index in [9.17, 15) is 9.59 Å². The van der Waals surface area contributed by atoms with Crippen LogP contribution < -0.4 is 14.2 Å². The van der Waals surface area contributed by atoms with Gasteiger partial charge in [0, 0.05) is 5.56 Å². The molecule has 0 radical (unpaired) electrons. The van der Waals surface area contributed by atoms with Crippen LogP contribution >= 0.6 is 0 Å². The molecule has 166 valence electrons. The van der Waals surface area contributed by atoms with Crippen LogP contribution in [0.1, 0.15) is 26.3 Å². The summed E-state index contributed by atoms with van der Waals surface area (Å²) >= 11 is 0. The number of carbonyl (C=O) groups excluding carboxylic acids is 2. The average Bonchev–Trinajstić information content (AvgIpc) is 3.37. The summed E-state index contributed by atoms with van der Waals surface area (Å²) in [6, 6.07) is 29.4. The SMILES string of the molecule is O=C(/C=C/c1ccc(OC(=O)c2ccc3c(c2)OCO3)cc1)c1ccc(-c2ccccc2)cc1. The third kappa shape index (κ3) is 4.74. The van der Waals surface area contributed by atoms with Crippen LogP contribution in [0.2, 0.25) is 0 Å². The quantitative estimate of drug-likeness (QED) is 0.152. The van der Waals surface area contributed by atoms with E-state index in [1.165, 1.54) is 6.08 Å². The van der Waals surface area contributed by atoms with E-state index in [1.54, 1.807) is 48.5 Å². The summed E-state index contributed by atoms with van der Waals surface area (Å²) in [5, 5.41) is 0. The van der Waals surface area contributed by atoms with Crippen molar-refractivity contribution < 1.29 is 23.8 Å². The normalized spacial score (nSPS) is 12.0. The maximum Gasteiger partial charge on any atom is 0.343 e. The molecule has 34 heavy (non-hydrogen) atoms. The summed E-state index contributed by atoms with van der Waals surface area (Å²) in [6.45, 7) is 0.143. The Balaban J connectivity index is 1.20. The van der Waals surface area contributed by atoms with Gasteiger partial charge in [0.05, 0.1) is 5.56 Å². The van der Waals surface area contributed by atoms with E-state index in [4.69, 9.17) is 14.2 Å². The lowest BCUT2D eigenvalue weighted by atomic mass is 10.0. The summed E-state index contributed by atoms with van der Waals surface area (Å²) < 4.78 is 16.0. The summed E-state index contributed by atoms with van der Waals surface area (Å²) in [5.74, 6) is 0.958. The molecule has 0 aliphatic carbocycles. The molecule has 0 saturated carbocycles. The van der Waals surface area contributed by atoms with E-state index in [0.717, 1.165) is 16.7 Å². The van der Waals surface area contributed by atoms with Gasteiger partial charge in [0.25, 0.3) is 0 Å². The third-order valence-corrected chi connectivity index (χ3v) is 5.40. The highest BCUT2D eigenvalue weighted by Gasteiger charge is 2.17. The summed E-state index contributed by atoms with van der Waals surface area (Å²) in [5.41, 5.74) is 3.97. The zero-order valence-corrected chi connectivity index (χ0v) is 18.1. The highest BCUT2D eigenvalue weighted by molar-refractivity contribution is 6.07. The monoisotopic (exact) mass is 448 g/mol. The van der Waals surface area contributed by atoms with Crippen LogP contribution in [0.5, 0.6) is 17.2 Å². The predicted molar refractivity (Wildman–Crippen MR) is 129 cm³/mol. The number of hydrogen-bond acceptors (Lipinski definition) is 5. The molecule has 4 aromatic carbocycles. The van der Waals surface area contributed by atoms with Crippen LogP contribution in [0.3, 0.4) is 0 Å². The second-order valence-electron chi connectivity index (χ2n) is 7.67. The minimum absolute atomic E-state index is 0.0853. The zero-order chi connectivity index (χ0) is 23.3. The van der Waals surface area contributed by atoms with Crippen molar-refractivity contribution in [1.82, 2.24) is 0 Å². The van der Waals surface area contributed by atoms with Crippen molar-refractivity contribution >= 4 is 17.8 Å². The number of allylic oxidation sites excluding steroid dienone is 1. The molecule has 5 rings (SSSR count). The second-order valence-corrected chi connectivity index (χ2v) is 7.67. The first-order valence-corrected chi connectivity index (χ1v) is 10.8. The molecule has 0 bridgehead atoms. The maximum atomic E-state index is 12.5. The molecule has 0 aromatic heterocycles. The van der Waals surface area contributed by atoms with Gasteiger partial charge in [-0.05, 0) is 53.1 Å². The van der Waals surface area contributed by atoms with Crippen LogP contribution in [0, 0.1) is 0 Å². The number of fused-ring (bicyclic) bond motifs is 1. The lowest BCUT2D eigenvalue weighted by Gasteiger charge is -2.05. The number of hydrogen-bond donors (Lipinski definition) is 0. The first-order chi connectivity index (χ1) is 16.7. The Morgan fingerprint density at radius 3 is 2.15 bits per heavy atom. The minimum Gasteiger partial charge on any atom is -0.454 e. The topological polar surface area (TPSA) is 61.8 Å². The summed E-state index contributed by atoms with van der Waals surface area (Å²) in [7, 11) is 0. The molecular weight excluding hydrogens is 428 g/mol. The number of carbonyl (C=O) groups is 2. The van der Waals surface area contributed by atoms with Crippen LogP contribution in [-0.2, 0) is 0 Å². The van der Waals surface area contributed by atoms with E-state index in [2.05, 4.69) is 0 Å². The average molecular weight is 448 g/mol. The van der Waals surface area contributed by atoms with Gasteiger partial charge in [-0.3, -0.25) is 4.79 Å². The van der Waals surface area contributed by atoms with Crippen molar-refractivity contribution in [3.05, 3.63) is 120 Å². The molecule has 0 spiro atoms. The lowest BCUT2D eigenvalue weighted by Crippen LogP contribution is -2.08. The van der Waals surface area contributed by atoms with Gasteiger partial charge in [-0.1, -0.05) is 72.8 Å². The molecule has 5 heteroatoms. The Hall–Kier alpha value is -4.64. The molecule has 1 heterocycles. The van der Waals surface area contributed by atoms with Crippen LogP contribution in [0.25, 0.3) is 17.2 Å². The van der Waals surface area contributed by atoms with Gasteiger partial charge in [0.1, 0.15) is 5.75 Å². The molecule has 1 aliphatic heterocycles. The summed E-state index contributed by atoms with van der Waals surface area (Å²) in [6.07, 6.45) is 3.27. The van der Waals surface area contributed by atoms with Crippen LogP contribution in [0.4, 0.5) is 0 Å². The van der Waals surface area contributed by atoms with Gasteiger partial charge < -0.3 is 14.2 Å². The Kier molecular flexibility index (Phi) is 5.91. The zero-order valence-electron chi connectivity index (χ0n) is 18.1. The first kappa shape index (κ1) is 21.2. The van der Waals surface area contributed by atoms with Gasteiger partial charge in [-0.15, -0.1) is 0 Å². The van der Waals surface area contributed by atoms with Crippen LogP contribution in [0.15, 0.2) is 103 Å². The maximum absolute atomic E-state index is 12.5. The Morgan fingerprint density at radius 2 is 1.38 bits per heavy atom. The van der Waals surface area contributed by atoms with E-state index in [0.29, 0.717) is 28.4 Å². The third-order valence-electron chi connectivity index (χ3n) is 5.40. The molecule has 0 amide bonds. The van der Waals surface area contributed by atoms with Crippen molar-refractivity contribution in [2.45, 2.75) is 0 Å². The molecule has 0 N–H and O–H groups in total. The lowest BCUT2D eigenvalue weighted by molar-refractivity contribution is 0.0734. The first-order valence-electron chi connectivity index (χ1n) is 10.8. The molecule has 0 atom stereocenters. The Bertz CT molecular complexity index is 1350. The number of benzene rings is 4. The summed E-state index contributed by atoms with van der Waals surface area (Å²) in [4.78, 5) is 24.9. The van der Waals surface area contributed by atoms with Crippen molar-refractivity contribution in [3.8, 4) is 28.4 Å². The number of ether oxygens (including phenoxy) is 3. The number of esters is 1. The standard InChI is InChI=1S/C29H20O5/c30-26(23-11-9-22(10-12-23)21-4-2-1-3-5-21)16-8-20-6-14-25(15-7-20)34-29(31)24-13-17-27-28(18-24)33-19-32-27/h1-18H,19H2/b16-8+. The fourth-order valence-electron chi connectivity index (χ4n) is 3.56. The van der Waals surface area contributed by atoms with E-state index < -0.39 is 5.97 Å².